The molecule has 31 heavy (non-hydrogen) atoms. The molecule has 158 valence electrons. The van der Waals surface area contributed by atoms with E-state index in [0.29, 0.717) is 29.4 Å². The highest BCUT2D eigenvalue weighted by atomic mass is 16.5. The molecule has 1 aliphatic heterocycles. The quantitative estimate of drug-likeness (QED) is 0.441. The number of hydrogen-bond acceptors (Lipinski definition) is 6. The first-order chi connectivity index (χ1) is 14.8. The summed E-state index contributed by atoms with van der Waals surface area (Å²) in [5, 5.41) is 23.8. The van der Waals surface area contributed by atoms with Crippen LogP contribution >= 0.6 is 0 Å². The summed E-state index contributed by atoms with van der Waals surface area (Å²) in [5.41, 5.74) is 2.06. The molecule has 3 aromatic rings. The number of anilines is 2. The number of nitrogens with zero attached hydrogens (tertiary/aromatic N) is 1. The van der Waals surface area contributed by atoms with Crippen molar-refractivity contribution in [3.8, 4) is 11.5 Å². The van der Waals surface area contributed by atoms with Crippen molar-refractivity contribution in [1.82, 2.24) is 0 Å². The molecule has 0 aromatic heterocycles. The van der Waals surface area contributed by atoms with Gasteiger partial charge >= 0.3 is 5.97 Å². The van der Waals surface area contributed by atoms with Gasteiger partial charge in [-0.3, -0.25) is 9.59 Å². The molecule has 0 fully saturated rings. The number of carbonyl (C=O) groups is 3. The van der Waals surface area contributed by atoms with Crippen LogP contribution in [0.25, 0.3) is 10.8 Å². The highest BCUT2D eigenvalue weighted by Crippen LogP contribution is 2.35. The van der Waals surface area contributed by atoms with Crippen molar-refractivity contribution < 1.29 is 29.3 Å². The van der Waals surface area contributed by atoms with E-state index in [1.54, 1.807) is 47.4 Å². The van der Waals surface area contributed by atoms with Gasteiger partial charge in [0.15, 0.2) is 6.61 Å². The number of rotatable bonds is 4. The first kappa shape index (κ1) is 20.2. The number of hydrogen-bond donors (Lipinski definition) is 3. The van der Waals surface area contributed by atoms with Crippen LogP contribution in [0.5, 0.6) is 11.5 Å². The Kier molecular flexibility index (Phi) is 5.21. The highest BCUT2D eigenvalue weighted by molar-refractivity contribution is 6.04. The van der Waals surface area contributed by atoms with Crippen molar-refractivity contribution in [2.45, 2.75) is 13.3 Å². The average Bonchev–Trinajstić information content (AvgIpc) is 3.18. The molecule has 8 heteroatoms. The molecule has 3 N–H and O–H groups in total. The van der Waals surface area contributed by atoms with E-state index in [-0.39, 0.29) is 23.0 Å². The topological polar surface area (TPSA) is 116 Å². The number of phenolic OH excluding ortho intramolecular Hbond substituents is 2. The van der Waals surface area contributed by atoms with Gasteiger partial charge in [0, 0.05) is 35.6 Å². The number of phenols is 2. The van der Waals surface area contributed by atoms with Crippen molar-refractivity contribution in [1.29, 1.82) is 0 Å². The standard InChI is InChI=1S/C23H20N2O6/c1-13(26)25-9-8-14-10-15(6-7-19(14)25)24-21(28)12-31-23(30)18-11-20(27)16-4-2-3-5-17(16)22(18)29/h2-7,10-11,27,29H,8-9,12H2,1H3,(H,24,28). The second-order valence-electron chi connectivity index (χ2n) is 7.23. The van der Waals surface area contributed by atoms with Crippen LogP contribution in [0.1, 0.15) is 22.8 Å². The fourth-order valence-electron chi connectivity index (χ4n) is 3.71. The smallest absolute Gasteiger partial charge is 0.342 e. The fraction of sp³-hybridized carbons (Fsp3) is 0.174. The zero-order valence-corrected chi connectivity index (χ0v) is 16.7. The third-order valence-electron chi connectivity index (χ3n) is 5.19. The summed E-state index contributed by atoms with van der Waals surface area (Å²) in [7, 11) is 0. The van der Waals surface area contributed by atoms with E-state index >= 15 is 0 Å². The average molecular weight is 420 g/mol. The SMILES string of the molecule is CC(=O)N1CCc2cc(NC(=O)COC(=O)c3cc(O)c4ccccc4c3O)ccc21. The van der Waals surface area contributed by atoms with E-state index in [1.807, 2.05) is 0 Å². The van der Waals surface area contributed by atoms with Gasteiger partial charge in [0.05, 0.1) is 0 Å². The number of esters is 1. The minimum absolute atomic E-state index is 0.0366. The predicted molar refractivity (Wildman–Crippen MR) is 114 cm³/mol. The lowest BCUT2D eigenvalue weighted by Gasteiger charge is -2.15. The molecule has 1 heterocycles. The van der Waals surface area contributed by atoms with Crippen molar-refractivity contribution >= 4 is 39.9 Å². The van der Waals surface area contributed by atoms with Crippen molar-refractivity contribution in [3.63, 3.8) is 0 Å². The second kappa shape index (κ2) is 7.98. The highest BCUT2D eigenvalue weighted by Gasteiger charge is 2.23. The van der Waals surface area contributed by atoms with Gasteiger partial charge in [-0.25, -0.2) is 4.79 Å². The zero-order chi connectivity index (χ0) is 22.1. The molecule has 0 radical (unpaired) electrons. The molecule has 0 spiro atoms. The minimum Gasteiger partial charge on any atom is -0.507 e. The van der Waals surface area contributed by atoms with Gasteiger partial charge in [-0.1, -0.05) is 24.3 Å². The van der Waals surface area contributed by atoms with Crippen LogP contribution in [0.4, 0.5) is 11.4 Å². The monoisotopic (exact) mass is 420 g/mol. The zero-order valence-electron chi connectivity index (χ0n) is 16.7. The largest absolute Gasteiger partial charge is 0.507 e. The Hall–Kier alpha value is -4.07. The van der Waals surface area contributed by atoms with Gasteiger partial charge in [0.25, 0.3) is 5.91 Å². The van der Waals surface area contributed by atoms with Crippen LogP contribution in [0, 0.1) is 0 Å². The Bertz CT molecular complexity index is 1220. The Morgan fingerprint density at radius 1 is 1.06 bits per heavy atom. The van der Waals surface area contributed by atoms with Crippen molar-refractivity contribution in [2.75, 3.05) is 23.4 Å². The minimum atomic E-state index is -0.931. The lowest BCUT2D eigenvalue weighted by atomic mass is 10.0. The van der Waals surface area contributed by atoms with Gasteiger partial charge < -0.3 is 25.2 Å². The molecule has 0 unspecified atom stereocenters. The molecule has 1 aliphatic rings. The Labute approximate surface area is 177 Å². The Balaban J connectivity index is 1.42. The molecule has 0 atom stereocenters. The van der Waals surface area contributed by atoms with Crippen LogP contribution < -0.4 is 10.2 Å². The number of aromatic hydroxyl groups is 2. The van der Waals surface area contributed by atoms with Crippen LogP contribution in [0.15, 0.2) is 48.5 Å². The van der Waals surface area contributed by atoms with Gasteiger partial charge in [0.1, 0.15) is 17.1 Å². The van der Waals surface area contributed by atoms with Crippen molar-refractivity contribution in [3.05, 3.63) is 59.7 Å². The Morgan fingerprint density at radius 3 is 2.55 bits per heavy atom. The number of nitrogens with one attached hydrogen (secondary N) is 1. The molecule has 2 amide bonds. The van der Waals surface area contributed by atoms with Crippen LogP contribution in [0.3, 0.4) is 0 Å². The summed E-state index contributed by atoms with van der Waals surface area (Å²) >= 11 is 0. The summed E-state index contributed by atoms with van der Waals surface area (Å²) < 4.78 is 5.01. The maximum absolute atomic E-state index is 12.4. The lowest BCUT2D eigenvalue weighted by molar-refractivity contribution is -0.119. The molecule has 0 saturated heterocycles. The van der Waals surface area contributed by atoms with Gasteiger partial charge in [-0.05, 0) is 36.2 Å². The molecule has 3 aromatic carbocycles. The van der Waals surface area contributed by atoms with Crippen LogP contribution in [-0.4, -0.2) is 41.1 Å². The molecular weight excluding hydrogens is 400 g/mol. The molecule has 8 nitrogen and oxygen atoms in total. The maximum Gasteiger partial charge on any atom is 0.342 e. The van der Waals surface area contributed by atoms with Crippen LogP contribution in [-0.2, 0) is 20.7 Å². The number of fused-ring (bicyclic) bond motifs is 2. The second-order valence-corrected chi connectivity index (χ2v) is 7.23. The van der Waals surface area contributed by atoms with Crippen LogP contribution in [0.2, 0.25) is 0 Å². The predicted octanol–water partition coefficient (Wildman–Crippen LogP) is 2.96. The normalized spacial score (nSPS) is 12.5. The third-order valence-corrected chi connectivity index (χ3v) is 5.19. The third kappa shape index (κ3) is 3.87. The van der Waals surface area contributed by atoms with Gasteiger partial charge in [-0.15, -0.1) is 0 Å². The summed E-state index contributed by atoms with van der Waals surface area (Å²) in [4.78, 5) is 37.9. The van der Waals surface area contributed by atoms with E-state index in [4.69, 9.17) is 4.74 Å². The van der Waals surface area contributed by atoms with E-state index in [1.165, 1.54) is 6.92 Å². The Morgan fingerprint density at radius 2 is 1.81 bits per heavy atom. The van der Waals surface area contributed by atoms with E-state index in [2.05, 4.69) is 5.32 Å². The lowest BCUT2D eigenvalue weighted by Crippen LogP contribution is -2.25. The summed E-state index contributed by atoms with van der Waals surface area (Å²) in [5.74, 6) is -2.03. The fourth-order valence-corrected chi connectivity index (χ4v) is 3.71. The van der Waals surface area contributed by atoms with E-state index in [0.717, 1.165) is 17.3 Å². The summed E-state index contributed by atoms with van der Waals surface area (Å²) in [6.45, 7) is 1.54. The molecular formula is C23H20N2O6. The maximum atomic E-state index is 12.4. The van der Waals surface area contributed by atoms with E-state index in [9.17, 15) is 24.6 Å². The number of amides is 2. The number of ether oxygens (including phenoxy) is 1. The number of benzene rings is 3. The first-order valence-electron chi connectivity index (χ1n) is 9.67. The molecule has 0 bridgehead atoms. The van der Waals surface area contributed by atoms with Gasteiger partial charge in [-0.2, -0.15) is 0 Å². The number of carbonyl (C=O) groups excluding carboxylic acids is 3. The van der Waals surface area contributed by atoms with Gasteiger partial charge in [0.2, 0.25) is 5.91 Å². The summed E-state index contributed by atoms with van der Waals surface area (Å²) in [6.07, 6.45) is 0.693. The van der Waals surface area contributed by atoms with Crippen molar-refractivity contribution in [2.24, 2.45) is 0 Å². The summed E-state index contributed by atoms with van der Waals surface area (Å²) in [6, 6.07) is 12.9. The van der Waals surface area contributed by atoms with E-state index < -0.39 is 18.5 Å². The first-order valence-corrected chi connectivity index (χ1v) is 9.67. The molecule has 0 saturated carbocycles. The molecule has 4 rings (SSSR count). The molecule has 0 aliphatic carbocycles.